The highest BCUT2D eigenvalue weighted by Gasteiger charge is 2.55. The summed E-state index contributed by atoms with van der Waals surface area (Å²) in [5.41, 5.74) is 3.02. The maximum Gasteiger partial charge on any atom is 0.271 e. The first kappa shape index (κ1) is 29.7. The van der Waals surface area contributed by atoms with Crippen LogP contribution in [0, 0.1) is 31.4 Å². The van der Waals surface area contributed by atoms with E-state index in [0.717, 1.165) is 21.6 Å². The highest BCUT2D eigenvalue weighted by atomic mass is 127. The number of methoxy groups -OCH3 is 1. The summed E-state index contributed by atoms with van der Waals surface area (Å²) in [4.78, 5) is 38.5. The van der Waals surface area contributed by atoms with Crippen molar-refractivity contribution in [3.63, 3.8) is 0 Å². The molecule has 2 aromatic carbocycles. The van der Waals surface area contributed by atoms with Gasteiger partial charge in [-0.25, -0.2) is 4.90 Å². The van der Waals surface area contributed by atoms with E-state index in [9.17, 15) is 35.0 Å². The van der Waals surface area contributed by atoms with Gasteiger partial charge in [0.25, 0.3) is 5.69 Å². The van der Waals surface area contributed by atoms with Crippen LogP contribution in [-0.2, 0) is 9.59 Å². The number of ether oxygens (including phenoxy) is 1. The third kappa shape index (κ3) is 5.63. The van der Waals surface area contributed by atoms with Gasteiger partial charge in [0, 0.05) is 18.1 Å². The summed E-state index contributed by atoms with van der Waals surface area (Å²) in [5, 5.41) is 42.9. The second-order valence-electron chi connectivity index (χ2n) is 10.2. The van der Waals surface area contributed by atoms with Gasteiger partial charge in [-0.1, -0.05) is 23.3 Å². The Balaban J connectivity index is 1.54. The molecule has 11 heteroatoms. The Morgan fingerprint density at radius 3 is 2.65 bits per heavy atom. The number of carbonyl (C=O) groups is 2. The molecule has 10 nitrogen and oxygen atoms in total. The number of carbonyl (C=O) groups excluding carboxylic acids is 2. The predicted octanol–water partition coefficient (Wildman–Crippen LogP) is 4.59. The molecule has 4 atom stereocenters. The zero-order valence-corrected chi connectivity index (χ0v) is 24.5. The smallest absolute Gasteiger partial charge is 0.271 e. The topological polar surface area (TPSA) is 150 Å². The number of halogens is 1. The van der Waals surface area contributed by atoms with E-state index in [1.54, 1.807) is 13.0 Å². The van der Waals surface area contributed by atoms with Gasteiger partial charge >= 0.3 is 0 Å². The van der Waals surface area contributed by atoms with E-state index < -0.39 is 47.2 Å². The Bertz CT molecular complexity index is 1420. The molecule has 0 aromatic heterocycles. The van der Waals surface area contributed by atoms with Gasteiger partial charge in [-0.05, 0) is 85.0 Å². The number of non-ortho nitro benzene ring substituents is 1. The van der Waals surface area contributed by atoms with Crippen LogP contribution in [0.3, 0.4) is 0 Å². The summed E-state index contributed by atoms with van der Waals surface area (Å²) in [6.07, 6.45) is 2.12. The molecule has 2 aromatic rings. The van der Waals surface area contributed by atoms with Gasteiger partial charge in [0.2, 0.25) is 11.8 Å². The highest BCUT2D eigenvalue weighted by molar-refractivity contribution is 14.1. The van der Waals surface area contributed by atoms with Crippen molar-refractivity contribution < 1.29 is 34.6 Å². The molecule has 0 saturated carbocycles. The minimum absolute atomic E-state index is 0.0744. The van der Waals surface area contributed by atoms with Crippen molar-refractivity contribution >= 4 is 51.9 Å². The van der Waals surface area contributed by atoms with E-state index >= 15 is 0 Å². The molecule has 1 heterocycles. The van der Waals surface area contributed by atoms with Crippen molar-refractivity contribution in [2.24, 2.45) is 17.8 Å². The summed E-state index contributed by atoms with van der Waals surface area (Å²) < 4.78 is 5.87. The first-order chi connectivity index (χ1) is 19.0. The fourth-order valence-electron chi connectivity index (χ4n) is 5.83. The molecule has 212 valence electrons. The van der Waals surface area contributed by atoms with Crippen molar-refractivity contribution in [3.8, 4) is 11.5 Å². The summed E-state index contributed by atoms with van der Waals surface area (Å²) in [5.74, 6) is -2.88. The second-order valence-corrected chi connectivity index (χ2v) is 11.4. The van der Waals surface area contributed by atoms with Crippen LogP contribution in [0.25, 0.3) is 6.08 Å². The number of amides is 2. The van der Waals surface area contributed by atoms with Gasteiger partial charge in [0.15, 0.2) is 11.5 Å². The molecule has 0 spiro atoms. The van der Waals surface area contributed by atoms with Gasteiger partial charge < -0.3 is 20.1 Å². The van der Waals surface area contributed by atoms with Crippen LogP contribution in [0.5, 0.6) is 11.5 Å². The maximum absolute atomic E-state index is 13.5. The molecule has 1 fully saturated rings. The molecule has 40 heavy (non-hydrogen) atoms. The number of nitro groups is 1. The molecule has 4 rings (SSSR count). The molecule has 0 radical (unpaired) electrons. The lowest BCUT2D eigenvalue weighted by atomic mass is 9.68. The summed E-state index contributed by atoms with van der Waals surface area (Å²) >= 11 is 2.03. The monoisotopic (exact) mass is 662 g/mol. The average Bonchev–Trinajstić information content (AvgIpc) is 3.17. The van der Waals surface area contributed by atoms with Crippen molar-refractivity contribution in [2.75, 3.05) is 18.6 Å². The van der Waals surface area contributed by atoms with Gasteiger partial charge in [-0.3, -0.25) is 19.7 Å². The molecule has 2 amide bonds. The van der Waals surface area contributed by atoms with Gasteiger partial charge in [0.1, 0.15) is 0 Å². The van der Waals surface area contributed by atoms with Crippen LogP contribution in [-0.4, -0.2) is 51.9 Å². The Morgan fingerprint density at radius 1 is 1.27 bits per heavy atom. The number of benzene rings is 2. The second kappa shape index (κ2) is 12.1. The number of aliphatic hydroxyl groups is 2. The largest absolute Gasteiger partial charge is 0.504 e. The Kier molecular flexibility index (Phi) is 8.96. The number of phenolic OH excluding ortho intramolecular Hbond substituents is 1. The van der Waals surface area contributed by atoms with E-state index in [2.05, 4.69) is 0 Å². The third-order valence-corrected chi connectivity index (χ3v) is 8.50. The zero-order valence-electron chi connectivity index (χ0n) is 22.3. The van der Waals surface area contributed by atoms with Crippen LogP contribution < -0.4 is 9.64 Å². The van der Waals surface area contributed by atoms with Crippen LogP contribution in [0.2, 0.25) is 0 Å². The van der Waals surface area contributed by atoms with Crippen molar-refractivity contribution in [3.05, 3.63) is 72.4 Å². The van der Waals surface area contributed by atoms with E-state index in [1.807, 2.05) is 41.7 Å². The van der Waals surface area contributed by atoms with E-state index in [-0.39, 0.29) is 23.5 Å². The van der Waals surface area contributed by atoms with Crippen LogP contribution in [0.1, 0.15) is 38.7 Å². The number of imide groups is 1. The molecule has 0 unspecified atom stereocenters. The first-order valence-electron chi connectivity index (χ1n) is 12.8. The lowest BCUT2D eigenvalue weighted by Gasteiger charge is -2.35. The zero-order chi connectivity index (χ0) is 29.3. The van der Waals surface area contributed by atoms with Gasteiger partial charge in [-0.15, -0.1) is 0 Å². The summed E-state index contributed by atoms with van der Waals surface area (Å²) in [6.45, 7) is 3.31. The Morgan fingerprint density at radius 2 is 2.00 bits per heavy atom. The quantitative estimate of drug-likeness (QED) is 0.116. The molecule has 2 aliphatic rings. The SMILES string of the molecule is COc1cc(/C=C(\C)CC[C@@H](O)C2=C(C)C[C@H]3C(=O)N(c4cccc([N+](=O)[O-])c4)C(=O)[C@H]3[C@H]2CO)cc(I)c1O. The molecule has 1 aliphatic heterocycles. The number of aromatic hydroxyl groups is 1. The van der Waals surface area contributed by atoms with Crippen LogP contribution in [0.4, 0.5) is 11.4 Å². The number of anilines is 1. The fraction of sp³-hybridized carbons (Fsp3) is 0.379. The fourth-order valence-corrected chi connectivity index (χ4v) is 6.45. The number of allylic oxidation sites excluding steroid dienone is 2. The number of nitrogens with zero attached hydrogens (tertiary/aromatic N) is 2. The number of rotatable bonds is 9. The number of hydrogen-bond acceptors (Lipinski definition) is 8. The molecule has 0 bridgehead atoms. The molecule has 1 saturated heterocycles. The van der Waals surface area contributed by atoms with E-state index in [1.165, 1.54) is 31.4 Å². The molecular formula is C29H31IN2O8. The number of phenols is 1. The Labute approximate surface area is 245 Å². The van der Waals surface area contributed by atoms with E-state index in [0.29, 0.717) is 27.7 Å². The Hall–Kier alpha value is -3.29. The standard InChI is InChI=1S/C29H31IN2O8/c1-15(9-17-11-22(30)27(35)24(12-17)40-3)7-8-23(34)25-16(2)10-20-26(21(25)14-33)29(37)31(28(20)36)18-5-4-6-19(13-18)32(38)39/h4-6,9,11-13,20-21,23,26,33-35H,7-8,10,14H2,1-3H3/b15-9+/t20-,21+,23-,26-/m1/s1. The minimum atomic E-state index is -0.939. The van der Waals surface area contributed by atoms with Crippen LogP contribution >= 0.6 is 22.6 Å². The highest BCUT2D eigenvalue weighted by Crippen LogP contribution is 2.47. The number of aliphatic hydroxyl groups excluding tert-OH is 2. The van der Waals surface area contributed by atoms with Crippen molar-refractivity contribution in [2.45, 2.75) is 39.2 Å². The average molecular weight is 662 g/mol. The van der Waals surface area contributed by atoms with Crippen LogP contribution in [0.15, 0.2) is 53.1 Å². The van der Waals surface area contributed by atoms with Crippen molar-refractivity contribution in [1.82, 2.24) is 0 Å². The van der Waals surface area contributed by atoms with E-state index in [4.69, 9.17) is 4.74 Å². The lowest BCUT2D eigenvalue weighted by molar-refractivity contribution is -0.384. The van der Waals surface area contributed by atoms with Gasteiger partial charge in [-0.2, -0.15) is 0 Å². The predicted molar refractivity (Wildman–Crippen MR) is 157 cm³/mol. The first-order valence-corrected chi connectivity index (χ1v) is 13.9. The molecular weight excluding hydrogens is 631 g/mol. The normalized spacial score (nSPS) is 22.0. The lowest BCUT2D eigenvalue weighted by Crippen LogP contribution is -2.38. The summed E-state index contributed by atoms with van der Waals surface area (Å²) in [7, 11) is 1.48. The number of hydrogen-bond donors (Lipinski definition) is 3. The number of nitro benzene ring substituents is 1. The van der Waals surface area contributed by atoms with Gasteiger partial charge in [0.05, 0.1) is 45.8 Å². The summed E-state index contributed by atoms with van der Waals surface area (Å²) in [6, 6.07) is 8.92. The third-order valence-electron chi connectivity index (χ3n) is 7.68. The maximum atomic E-state index is 13.5. The molecule has 1 aliphatic carbocycles. The van der Waals surface area contributed by atoms with Crippen molar-refractivity contribution in [1.29, 1.82) is 0 Å². The molecule has 3 N–H and O–H groups in total. The number of fused-ring (bicyclic) bond motifs is 1. The minimum Gasteiger partial charge on any atom is -0.504 e.